The second-order valence-corrected chi connectivity index (χ2v) is 13.8. The van der Waals surface area contributed by atoms with E-state index in [1.807, 2.05) is 0 Å². The van der Waals surface area contributed by atoms with Gasteiger partial charge in [-0.2, -0.15) is 0 Å². The summed E-state index contributed by atoms with van der Waals surface area (Å²) in [5.41, 5.74) is 15.2. The molecular formula is C53H46N2. The number of nitrogens with zero attached hydrogens (tertiary/aromatic N) is 2. The van der Waals surface area contributed by atoms with Gasteiger partial charge in [0, 0.05) is 34.1 Å². The summed E-state index contributed by atoms with van der Waals surface area (Å²) in [6.07, 6.45) is 17.0. The van der Waals surface area contributed by atoms with Gasteiger partial charge in [0.1, 0.15) is 0 Å². The first kappa shape index (κ1) is 36.5. The lowest BCUT2D eigenvalue weighted by atomic mass is 10.1. The zero-order valence-electron chi connectivity index (χ0n) is 31.8. The quantitative estimate of drug-likeness (QED) is 0.117. The fraction of sp³-hybridized carbons (Fsp3) is 0.0566. The maximum absolute atomic E-state index is 2.30. The Balaban J connectivity index is 0.968. The van der Waals surface area contributed by atoms with Crippen LogP contribution in [0, 0.1) is 20.8 Å². The second kappa shape index (κ2) is 17.7. The van der Waals surface area contributed by atoms with Crippen molar-refractivity contribution in [1.82, 2.24) is 0 Å². The Morgan fingerprint density at radius 2 is 0.564 bits per heavy atom. The third kappa shape index (κ3) is 9.75. The molecule has 7 aromatic rings. The van der Waals surface area contributed by atoms with Crippen molar-refractivity contribution in [2.24, 2.45) is 0 Å². The molecule has 0 saturated carbocycles. The lowest BCUT2D eigenvalue weighted by Crippen LogP contribution is -2.09. The van der Waals surface area contributed by atoms with Gasteiger partial charge in [-0.05, 0) is 122 Å². The number of para-hydroxylation sites is 1. The van der Waals surface area contributed by atoms with Crippen LogP contribution in [-0.2, 0) is 0 Å². The molecule has 0 amide bonds. The Bertz CT molecular complexity index is 2350. The van der Waals surface area contributed by atoms with Crippen LogP contribution >= 0.6 is 0 Å². The Morgan fingerprint density at radius 3 is 0.909 bits per heavy atom. The molecule has 55 heavy (non-hydrogen) atoms. The molecule has 0 fully saturated rings. The molecule has 0 aromatic heterocycles. The average Bonchev–Trinajstić information content (AvgIpc) is 3.22. The monoisotopic (exact) mass is 710 g/mol. The second-order valence-electron chi connectivity index (χ2n) is 13.8. The summed E-state index contributed by atoms with van der Waals surface area (Å²) in [5, 5.41) is 0. The Kier molecular flexibility index (Phi) is 11.8. The maximum atomic E-state index is 2.30. The minimum absolute atomic E-state index is 1.12. The van der Waals surface area contributed by atoms with Crippen LogP contribution in [0.2, 0.25) is 0 Å². The smallest absolute Gasteiger partial charge is 0.0462 e. The number of hydrogen-bond acceptors (Lipinski definition) is 2. The predicted molar refractivity (Wildman–Crippen MR) is 239 cm³/mol. The number of rotatable bonds is 12. The van der Waals surface area contributed by atoms with Crippen LogP contribution in [0.25, 0.3) is 24.3 Å². The lowest BCUT2D eigenvalue weighted by Gasteiger charge is -2.25. The van der Waals surface area contributed by atoms with E-state index in [9.17, 15) is 0 Å². The first-order valence-corrected chi connectivity index (χ1v) is 18.8. The van der Waals surface area contributed by atoms with Crippen LogP contribution in [0.4, 0.5) is 34.1 Å². The molecule has 0 saturated heterocycles. The van der Waals surface area contributed by atoms with E-state index in [4.69, 9.17) is 0 Å². The number of anilines is 6. The van der Waals surface area contributed by atoms with Crippen molar-refractivity contribution in [3.05, 3.63) is 239 Å². The van der Waals surface area contributed by atoms with Crippen LogP contribution in [0.15, 0.2) is 200 Å². The van der Waals surface area contributed by atoms with Crippen LogP contribution in [-0.4, -0.2) is 0 Å². The molecule has 0 bridgehead atoms. The summed E-state index contributed by atoms with van der Waals surface area (Å²) >= 11 is 0. The van der Waals surface area contributed by atoms with E-state index in [1.165, 1.54) is 16.7 Å². The van der Waals surface area contributed by atoms with Crippen LogP contribution in [0.5, 0.6) is 0 Å². The zero-order valence-corrected chi connectivity index (χ0v) is 31.8. The molecule has 0 aliphatic rings. The highest BCUT2D eigenvalue weighted by Crippen LogP contribution is 2.36. The maximum Gasteiger partial charge on any atom is 0.0462 e. The summed E-state index contributed by atoms with van der Waals surface area (Å²) in [4.78, 5) is 4.59. The molecule has 0 N–H and O–H groups in total. The van der Waals surface area contributed by atoms with Gasteiger partial charge in [0.05, 0.1) is 0 Å². The predicted octanol–water partition coefficient (Wildman–Crippen LogP) is 15.0. The van der Waals surface area contributed by atoms with Crippen molar-refractivity contribution in [2.75, 3.05) is 9.80 Å². The molecular weight excluding hydrogens is 665 g/mol. The van der Waals surface area contributed by atoms with E-state index in [1.54, 1.807) is 0 Å². The van der Waals surface area contributed by atoms with Crippen LogP contribution in [0.3, 0.4) is 0 Å². The van der Waals surface area contributed by atoms with Crippen molar-refractivity contribution in [1.29, 1.82) is 0 Å². The van der Waals surface area contributed by atoms with Gasteiger partial charge in [-0.25, -0.2) is 0 Å². The molecule has 7 rings (SSSR count). The molecule has 268 valence electrons. The van der Waals surface area contributed by atoms with Gasteiger partial charge < -0.3 is 9.80 Å². The third-order valence-electron chi connectivity index (χ3n) is 9.48. The van der Waals surface area contributed by atoms with E-state index in [-0.39, 0.29) is 0 Å². The zero-order chi connectivity index (χ0) is 37.8. The Labute approximate surface area is 327 Å². The molecule has 0 heterocycles. The van der Waals surface area contributed by atoms with E-state index in [2.05, 4.69) is 255 Å². The summed E-state index contributed by atoms with van der Waals surface area (Å²) in [6.45, 7) is 6.36. The minimum atomic E-state index is 1.12. The number of benzene rings is 7. The van der Waals surface area contributed by atoms with Crippen LogP contribution in [0.1, 0.15) is 38.9 Å². The largest absolute Gasteiger partial charge is 0.311 e. The summed E-state index contributed by atoms with van der Waals surface area (Å²) in [5.74, 6) is 0. The van der Waals surface area contributed by atoms with Gasteiger partial charge in [0.25, 0.3) is 0 Å². The molecule has 0 atom stereocenters. The SMILES string of the molecule is Cc1ccc(N(c2ccccc2)c2ccc(C=CC=Cc3cccc(C=CC=Cc4ccc(N(c5ccc(C)cc5)c5ccc(C)cc5)cc4)c3)cc2)cc1. The minimum Gasteiger partial charge on any atom is -0.311 e. The molecule has 0 aliphatic heterocycles. The molecule has 0 spiro atoms. The van der Waals surface area contributed by atoms with Gasteiger partial charge in [0.2, 0.25) is 0 Å². The average molecular weight is 711 g/mol. The molecule has 7 aromatic carbocycles. The standard InChI is InChI=1S/C53H46N2/c1-41-20-30-49(31-21-41)54(48-18-5-4-6-19-48)52-36-26-44(27-37-52)12-7-9-14-46-16-11-17-47(40-46)15-10-8-13-45-28-38-53(39-29-45)55(50-32-22-42(2)23-33-50)51-34-24-43(3)25-35-51/h4-40H,1-3H3. The molecule has 0 unspecified atom stereocenters. The first-order chi connectivity index (χ1) is 27.0. The number of allylic oxidation sites excluding steroid dienone is 4. The van der Waals surface area contributed by atoms with Gasteiger partial charge in [-0.15, -0.1) is 0 Å². The van der Waals surface area contributed by atoms with E-state index in [0.29, 0.717) is 0 Å². The normalized spacial score (nSPS) is 11.6. The molecule has 0 aliphatic carbocycles. The van der Waals surface area contributed by atoms with Crippen molar-refractivity contribution in [3.63, 3.8) is 0 Å². The van der Waals surface area contributed by atoms with Crippen molar-refractivity contribution in [2.45, 2.75) is 20.8 Å². The van der Waals surface area contributed by atoms with Crippen LogP contribution < -0.4 is 9.80 Å². The topological polar surface area (TPSA) is 6.48 Å². The Morgan fingerprint density at radius 1 is 0.273 bits per heavy atom. The third-order valence-corrected chi connectivity index (χ3v) is 9.48. The summed E-state index contributed by atoms with van der Waals surface area (Å²) in [7, 11) is 0. The van der Waals surface area contributed by atoms with Crippen molar-refractivity contribution >= 4 is 58.4 Å². The Hall–Kier alpha value is -6.90. The summed E-state index contributed by atoms with van der Waals surface area (Å²) < 4.78 is 0. The van der Waals surface area contributed by atoms with Gasteiger partial charge in [-0.1, -0.05) is 162 Å². The molecule has 0 radical (unpaired) electrons. The molecule has 2 heteroatoms. The fourth-order valence-electron chi connectivity index (χ4n) is 6.46. The summed E-state index contributed by atoms with van der Waals surface area (Å²) in [6, 6.07) is 62.6. The van der Waals surface area contributed by atoms with E-state index < -0.39 is 0 Å². The van der Waals surface area contributed by atoms with Gasteiger partial charge >= 0.3 is 0 Å². The van der Waals surface area contributed by atoms with E-state index >= 15 is 0 Å². The van der Waals surface area contributed by atoms with E-state index in [0.717, 1.165) is 56.4 Å². The van der Waals surface area contributed by atoms with Crippen molar-refractivity contribution in [3.8, 4) is 0 Å². The molecule has 2 nitrogen and oxygen atoms in total. The lowest BCUT2D eigenvalue weighted by molar-refractivity contribution is 1.27. The number of aryl methyl sites for hydroxylation is 3. The van der Waals surface area contributed by atoms with Crippen molar-refractivity contribution < 1.29 is 0 Å². The van der Waals surface area contributed by atoms with Gasteiger partial charge in [0.15, 0.2) is 0 Å². The highest BCUT2D eigenvalue weighted by Gasteiger charge is 2.13. The van der Waals surface area contributed by atoms with Gasteiger partial charge in [-0.3, -0.25) is 0 Å². The fourth-order valence-corrected chi connectivity index (χ4v) is 6.46. The number of hydrogen-bond donors (Lipinski definition) is 0. The highest BCUT2D eigenvalue weighted by atomic mass is 15.1. The highest BCUT2D eigenvalue weighted by molar-refractivity contribution is 5.78. The first-order valence-electron chi connectivity index (χ1n) is 18.8.